The molecule has 0 N–H and O–H groups in total. The quantitative estimate of drug-likeness (QED) is 0.779. The standard InChI is InChI=1S/C14H15NO3/c1-9-4-5-11-6-7-12(8-13(11)15-9)18-10(2)14(16)17-3/h4-8,10H,1-3H3. The molecule has 1 aromatic heterocycles. The van der Waals surface area contributed by atoms with Gasteiger partial charge in [0.15, 0.2) is 6.10 Å². The minimum Gasteiger partial charge on any atom is -0.479 e. The van der Waals surface area contributed by atoms with Crippen LogP contribution < -0.4 is 4.74 Å². The first kappa shape index (κ1) is 12.4. The van der Waals surface area contributed by atoms with Crippen LogP contribution in [-0.2, 0) is 9.53 Å². The van der Waals surface area contributed by atoms with Crippen molar-refractivity contribution in [3.8, 4) is 5.75 Å². The molecule has 0 radical (unpaired) electrons. The van der Waals surface area contributed by atoms with Gasteiger partial charge in [0.25, 0.3) is 0 Å². The number of ether oxygens (including phenoxy) is 2. The molecule has 0 spiro atoms. The summed E-state index contributed by atoms with van der Waals surface area (Å²) < 4.78 is 10.1. The van der Waals surface area contributed by atoms with Gasteiger partial charge in [-0.05, 0) is 32.0 Å². The fourth-order valence-corrected chi connectivity index (χ4v) is 1.69. The number of methoxy groups -OCH3 is 1. The molecule has 0 fully saturated rings. The molecule has 0 bridgehead atoms. The normalized spacial score (nSPS) is 12.2. The van der Waals surface area contributed by atoms with Crippen LogP contribution in [0, 0.1) is 6.92 Å². The van der Waals surface area contributed by atoms with Gasteiger partial charge in [0, 0.05) is 17.1 Å². The molecule has 94 valence electrons. The van der Waals surface area contributed by atoms with E-state index in [-0.39, 0.29) is 0 Å². The molecule has 1 aromatic carbocycles. The van der Waals surface area contributed by atoms with E-state index in [0.717, 1.165) is 16.6 Å². The zero-order valence-corrected chi connectivity index (χ0v) is 10.6. The van der Waals surface area contributed by atoms with E-state index in [4.69, 9.17) is 4.74 Å². The third kappa shape index (κ3) is 2.59. The lowest BCUT2D eigenvalue weighted by Gasteiger charge is -2.12. The third-order valence-corrected chi connectivity index (χ3v) is 2.65. The topological polar surface area (TPSA) is 48.4 Å². The summed E-state index contributed by atoms with van der Waals surface area (Å²) in [7, 11) is 1.34. The molecular weight excluding hydrogens is 230 g/mol. The van der Waals surface area contributed by atoms with Crippen LogP contribution in [0.25, 0.3) is 10.9 Å². The summed E-state index contributed by atoms with van der Waals surface area (Å²) in [5.41, 5.74) is 1.80. The van der Waals surface area contributed by atoms with E-state index in [0.29, 0.717) is 5.75 Å². The zero-order valence-electron chi connectivity index (χ0n) is 10.6. The van der Waals surface area contributed by atoms with Gasteiger partial charge < -0.3 is 9.47 Å². The summed E-state index contributed by atoms with van der Waals surface area (Å²) in [5.74, 6) is 0.214. The number of pyridine rings is 1. The molecule has 0 aliphatic carbocycles. The van der Waals surface area contributed by atoms with Crippen LogP contribution in [0.2, 0.25) is 0 Å². The van der Waals surface area contributed by atoms with E-state index < -0.39 is 12.1 Å². The summed E-state index contributed by atoms with van der Waals surface area (Å²) in [4.78, 5) is 15.7. The first-order chi connectivity index (χ1) is 8.60. The van der Waals surface area contributed by atoms with Crippen LogP contribution in [-0.4, -0.2) is 24.2 Å². The molecule has 1 heterocycles. The van der Waals surface area contributed by atoms with Crippen molar-refractivity contribution in [1.29, 1.82) is 0 Å². The monoisotopic (exact) mass is 245 g/mol. The van der Waals surface area contributed by atoms with Gasteiger partial charge in [0.05, 0.1) is 12.6 Å². The Labute approximate surface area is 106 Å². The number of hydrogen-bond acceptors (Lipinski definition) is 4. The summed E-state index contributed by atoms with van der Waals surface area (Å²) in [6.07, 6.45) is -0.628. The zero-order chi connectivity index (χ0) is 13.1. The Morgan fingerprint density at radius 3 is 2.72 bits per heavy atom. The summed E-state index contributed by atoms with van der Waals surface area (Å²) in [5, 5.41) is 1.04. The Morgan fingerprint density at radius 2 is 2.00 bits per heavy atom. The fourth-order valence-electron chi connectivity index (χ4n) is 1.69. The van der Waals surface area contributed by atoms with Crippen molar-refractivity contribution < 1.29 is 14.3 Å². The highest BCUT2D eigenvalue weighted by Crippen LogP contribution is 2.20. The Hall–Kier alpha value is -2.10. The lowest BCUT2D eigenvalue weighted by Crippen LogP contribution is -2.24. The Kier molecular flexibility index (Phi) is 3.46. The number of aryl methyl sites for hydroxylation is 1. The van der Waals surface area contributed by atoms with Crippen molar-refractivity contribution in [2.24, 2.45) is 0 Å². The molecule has 4 heteroatoms. The molecular formula is C14H15NO3. The largest absolute Gasteiger partial charge is 0.479 e. The number of esters is 1. The second-order valence-electron chi connectivity index (χ2n) is 4.09. The van der Waals surface area contributed by atoms with Gasteiger partial charge >= 0.3 is 5.97 Å². The van der Waals surface area contributed by atoms with E-state index in [9.17, 15) is 4.79 Å². The van der Waals surface area contributed by atoms with Gasteiger partial charge in [0.1, 0.15) is 5.75 Å². The number of benzene rings is 1. The van der Waals surface area contributed by atoms with Crippen molar-refractivity contribution in [2.75, 3.05) is 7.11 Å². The Balaban J connectivity index is 2.27. The van der Waals surface area contributed by atoms with Crippen LogP contribution in [0.4, 0.5) is 0 Å². The molecule has 2 rings (SSSR count). The highest BCUT2D eigenvalue weighted by molar-refractivity contribution is 5.80. The van der Waals surface area contributed by atoms with E-state index in [1.807, 2.05) is 37.3 Å². The lowest BCUT2D eigenvalue weighted by atomic mass is 10.2. The van der Waals surface area contributed by atoms with Crippen LogP contribution in [0.15, 0.2) is 30.3 Å². The SMILES string of the molecule is COC(=O)C(C)Oc1ccc2ccc(C)nc2c1. The Morgan fingerprint density at radius 1 is 1.28 bits per heavy atom. The highest BCUT2D eigenvalue weighted by atomic mass is 16.6. The molecule has 0 saturated carbocycles. The first-order valence-corrected chi connectivity index (χ1v) is 5.72. The smallest absolute Gasteiger partial charge is 0.346 e. The van der Waals surface area contributed by atoms with E-state index in [1.54, 1.807) is 6.92 Å². The number of rotatable bonds is 3. The summed E-state index contributed by atoms with van der Waals surface area (Å²) in [6, 6.07) is 9.52. The molecule has 0 saturated heterocycles. The third-order valence-electron chi connectivity index (χ3n) is 2.65. The van der Waals surface area contributed by atoms with Crippen LogP contribution in [0.1, 0.15) is 12.6 Å². The average Bonchev–Trinajstić information content (AvgIpc) is 2.37. The molecule has 18 heavy (non-hydrogen) atoms. The van der Waals surface area contributed by atoms with Crippen LogP contribution in [0.5, 0.6) is 5.75 Å². The van der Waals surface area contributed by atoms with Crippen molar-refractivity contribution >= 4 is 16.9 Å². The van der Waals surface area contributed by atoms with Gasteiger partial charge in [-0.1, -0.05) is 6.07 Å². The second kappa shape index (κ2) is 5.04. The number of carbonyl (C=O) groups is 1. The molecule has 0 aliphatic rings. The van der Waals surface area contributed by atoms with E-state index >= 15 is 0 Å². The molecule has 1 atom stereocenters. The molecule has 0 aliphatic heterocycles. The molecule has 4 nitrogen and oxygen atoms in total. The van der Waals surface area contributed by atoms with Gasteiger partial charge in [-0.2, -0.15) is 0 Å². The molecule has 2 aromatic rings. The summed E-state index contributed by atoms with van der Waals surface area (Å²) in [6.45, 7) is 3.59. The van der Waals surface area contributed by atoms with Gasteiger partial charge in [0.2, 0.25) is 0 Å². The van der Waals surface area contributed by atoms with Crippen molar-refractivity contribution in [2.45, 2.75) is 20.0 Å². The number of hydrogen-bond donors (Lipinski definition) is 0. The number of carbonyl (C=O) groups excluding carboxylic acids is 1. The molecule has 0 amide bonds. The van der Waals surface area contributed by atoms with Crippen LogP contribution in [0.3, 0.4) is 0 Å². The predicted molar refractivity (Wildman–Crippen MR) is 68.6 cm³/mol. The number of fused-ring (bicyclic) bond motifs is 1. The van der Waals surface area contributed by atoms with Gasteiger partial charge in [-0.25, -0.2) is 4.79 Å². The maximum atomic E-state index is 11.3. The predicted octanol–water partition coefficient (Wildman–Crippen LogP) is 2.48. The number of nitrogens with zero attached hydrogens (tertiary/aromatic N) is 1. The van der Waals surface area contributed by atoms with Gasteiger partial charge in [-0.15, -0.1) is 0 Å². The fraction of sp³-hybridized carbons (Fsp3) is 0.286. The van der Waals surface area contributed by atoms with Gasteiger partial charge in [-0.3, -0.25) is 4.98 Å². The van der Waals surface area contributed by atoms with E-state index in [1.165, 1.54) is 7.11 Å². The maximum absolute atomic E-state index is 11.3. The summed E-state index contributed by atoms with van der Waals surface area (Å²) >= 11 is 0. The van der Waals surface area contributed by atoms with Crippen molar-refractivity contribution in [1.82, 2.24) is 4.98 Å². The lowest BCUT2D eigenvalue weighted by molar-refractivity contribution is -0.147. The van der Waals surface area contributed by atoms with Crippen molar-refractivity contribution in [3.63, 3.8) is 0 Å². The number of aromatic nitrogens is 1. The molecule has 1 unspecified atom stereocenters. The highest BCUT2D eigenvalue weighted by Gasteiger charge is 2.14. The second-order valence-corrected chi connectivity index (χ2v) is 4.09. The van der Waals surface area contributed by atoms with Crippen molar-refractivity contribution in [3.05, 3.63) is 36.0 Å². The Bertz CT molecular complexity index is 580. The average molecular weight is 245 g/mol. The minimum atomic E-state index is -0.628. The van der Waals surface area contributed by atoms with E-state index in [2.05, 4.69) is 9.72 Å². The maximum Gasteiger partial charge on any atom is 0.346 e. The van der Waals surface area contributed by atoms with Crippen LogP contribution >= 0.6 is 0 Å². The first-order valence-electron chi connectivity index (χ1n) is 5.72. The minimum absolute atomic E-state index is 0.396.